The van der Waals surface area contributed by atoms with Crippen molar-refractivity contribution in [3.05, 3.63) is 71.0 Å². The number of ether oxygens (including phenoxy) is 2. The molecule has 0 aromatic heterocycles. The number of methoxy groups -OCH3 is 2. The predicted octanol–water partition coefficient (Wildman–Crippen LogP) is 3.62. The second kappa shape index (κ2) is 8.82. The maximum Gasteiger partial charge on any atom is 0.290 e. The predicted molar refractivity (Wildman–Crippen MR) is 109 cm³/mol. The molecule has 2 aromatic rings. The highest BCUT2D eigenvalue weighted by molar-refractivity contribution is 6.08. The molecule has 2 aromatic carbocycles. The number of hydrogen-bond donors (Lipinski definition) is 1. The van der Waals surface area contributed by atoms with Crippen LogP contribution in [0.1, 0.15) is 30.5 Å². The van der Waals surface area contributed by atoms with Crippen LogP contribution in [-0.2, 0) is 16.0 Å². The largest absolute Gasteiger partial charge is 0.503 e. The molecule has 0 saturated carbocycles. The van der Waals surface area contributed by atoms with Gasteiger partial charge in [-0.15, -0.1) is 0 Å². The first-order chi connectivity index (χ1) is 14.0. The van der Waals surface area contributed by atoms with Gasteiger partial charge in [-0.1, -0.05) is 31.2 Å². The van der Waals surface area contributed by atoms with E-state index in [2.05, 4.69) is 0 Å². The van der Waals surface area contributed by atoms with Gasteiger partial charge in [-0.3, -0.25) is 9.59 Å². The summed E-state index contributed by atoms with van der Waals surface area (Å²) in [6.07, 6.45) is 0.801. The molecule has 6 nitrogen and oxygen atoms in total. The minimum Gasteiger partial charge on any atom is -0.503 e. The Morgan fingerprint density at radius 1 is 1.00 bits per heavy atom. The SMILES string of the molecule is CCC(=O)C1=C(O)C(=O)N(CCc2ccc(OC)cc2)C1c1ccc(OC)cc1. The van der Waals surface area contributed by atoms with E-state index < -0.39 is 17.7 Å². The number of nitrogens with zero attached hydrogens (tertiary/aromatic N) is 1. The molecule has 1 heterocycles. The Hall–Kier alpha value is -3.28. The summed E-state index contributed by atoms with van der Waals surface area (Å²) in [5, 5.41) is 10.5. The topological polar surface area (TPSA) is 76.1 Å². The summed E-state index contributed by atoms with van der Waals surface area (Å²) in [7, 11) is 3.19. The van der Waals surface area contributed by atoms with Crippen molar-refractivity contribution < 1.29 is 24.2 Å². The van der Waals surface area contributed by atoms with Crippen LogP contribution in [0.3, 0.4) is 0 Å². The summed E-state index contributed by atoms with van der Waals surface area (Å²) in [5.74, 6) is 0.240. The van der Waals surface area contributed by atoms with Crippen molar-refractivity contribution >= 4 is 11.7 Å². The van der Waals surface area contributed by atoms with Crippen molar-refractivity contribution in [1.29, 1.82) is 0 Å². The monoisotopic (exact) mass is 395 g/mol. The van der Waals surface area contributed by atoms with Gasteiger partial charge in [0.25, 0.3) is 5.91 Å². The van der Waals surface area contributed by atoms with Crippen molar-refractivity contribution in [2.45, 2.75) is 25.8 Å². The lowest BCUT2D eigenvalue weighted by Crippen LogP contribution is -2.33. The highest BCUT2D eigenvalue weighted by Crippen LogP contribution is 2.38. The number of hydrogen-bond acceptors (Lipinski definition) is 5. The van der Waals surface area contributed by atoms with Crippen molar-refractivity contribution in [2.24, 2.45) is 0 Å². The van der Waals surface area contributed by atoms with E-state index in [9.17, 15) is 14.7 Å². The van der Waals surface area contributed by atoms with Gasteiger partial charge in [0.15, 0.2) is 11.5 Å². The zero-order chi connectivity index (χ0) is 21.0. The fourth-order valence-electron chi connectivity index (χ4n) is 3.53. The molecule has 1 aliphatic rings. The number of aliphatic hydroxyl groups excluding tert-OH is 1. The van der Waals surface area contributed by atoms with Crippen LogP contribution in [0.25, 0.3) is 0 Å². The second-order valence-electron chi connectivity index (χ2n) is 6.81. The molecule has 0 saturated heterocycles. The molecule has 1 aliphatic heterocycles. The van der Waals surface area contributed by atoms with E-state index in [0.717, 1.165) is 16.9 Å². The minimum atomic E-state index is -0.612. The average molecular weight is 395 g/mol. The first-order valence-corrected chi connectivity index (χ1v) is 9.54. The Kier molecular flexibility index (Phi) is 6.22. The van der Waals surface area contributed by atoms with Crippen LogP contribution in [0.2, 0.25) is 0 Å². The van der Waals surface area contributed by atoms with Crippen molar-refractivity contribution in [3.63, 3.8) is 0 Å². The number of Topliss-reactive ketones (excluding diaryl/α,β-unsaturated/α-hetero) is 1. The first kappa shape index (κ1) is 20.5. The number of amides is 1. The molecule has 0 fully saturated rings. The van der Waals surface area contributed by atoms with E-state index in [0.29, 0.717) is 18.7 Å². The fraction of sp³-hybridized carbons (Fsp3) is 0.304. The van der Waals surface area contributed by atoms with Gasteiger partial charge in [-0.05, 0) is 41.8 Å². The lowest BCUT2D eigenvalue weighted by molar-refractivity contribution is -0.129. The van der Waals surface area contributed by atoms with Crippen molar-refractivity contribution in [2.75, 3.05) is 20.8 Å². The number of rotatable bonds is 8. The molecule has 0 bridgehead atoms. The summed E-state index contributed by atoms with van der Waals surface area (Å²) in [6, 6.07) is 14.2. The molecular formula is C23H25NO5. The summed E-state index contributed by atoms with van der Waals surface area (Å²) in [5.41, 5.74) is 1.95. The smallest absolute Gasteiger partial charge is 0.290 e. The van der Waals surface area contributed by atoms with E-state index in [1.165, 1.54) is 0 Å². The van der Waals surface area contributed by atoms with E-state index in [-0.39, 0.29) is 17.8 Å². The number of ketones is 1. The Morgan fingerprint density at radius 2 is 1.55 bits per heavy atom. The van der Waals surface area contributed by atoms with Crippen LogP contribution < -0.4 is 9.47 Å². The molecule has 0 aliphatic carbocycles. The number of carbonyl (C=O) groups excluding carboxylic acids is 2. The molecular weight excluding hydrogens is 370 g/mol. The number of benzene rings is 2. The Morgan fingerprint density at radius 3 is 2.07 bits per heavy atom. The molecule has 0 spiro atoms. The maximum absolute atomic E-state index is 12.8. The molecule has 0 radical (unpaired) electrons. The molecule has 29 heavy (non-hydrogen) atoms. The highest BCUT2D eigenvalue weighted by Gasteiger charge is 2.42. The molecule has 1 atom stereocenters. The second-order valence-corrected chi connectivity index (χ2v) is 6.81. The normalized spacial score (nSPS) is 16.3. The first-order valence-electron chi connectivity index (χ1n) is 9.54. The van der Waals surface area contributed by atoms with E-state index in [4.69, 9.17) is 9.47 Å². The minimum absolute atomic E-state index is 0.164. The lowest BCUT2D eigenvalue weighted by Gasteiger charge is -2.27. The van der Waals surface area contributed by atoms with E-state index >= 15 is 0 Å². The number of carbonyl (C=O) groups is 2. The maximum atomic E-state index is 12.8. The Labute approximate surface area is 170 Å². The van der Waals surface area contributed by atoms with Crippen LogP contribution in [-0.4, -0.2) is 42.5 Å². The molecule has 152 valence electrons. The van der Waals surface area contributed by atoms with Gasteiger partial charge in [-0.25, -0.2) is 0 Å². The van der Waals surface area contributed by atoms with Crippen LogP contribution in [0.4, 0.5) is 0 Å². The molecule has 1 unspecified atom stereocenters. The zero-order valence-corrected chi connectivity index (χ0v) is 16.8. The average Bonchev–Trinajstić information content (AvgIpc) is 3.02. The molecule has 6 heteroatoms. The van der Waals surface area contributed by atoms with Gasteiger partial charge in [0.05, 0.1) is 25.8 Å². The van der Waals surface area contributed by atoms with Gasteiger partial charge in [0.2, 0.25) is 0 Å². The molecule has 1 amide bonds. The van der Waals surface area contributed by atoms with Crippen LogP contribution in [0.5, 0.6) is 11.5 Å². The van der Waals surface area contributed by atoms with Gasteiger partial charge in [0, 0.05) is 13.0 Å². The summed E-state index contributed by atoms with van der Waals surface area (Å²) < 4.78 is 10.4. The van der Waals surface area contributed by atoms with Crippen LogP contribution >= 0.6 is 0 Å². The third kappa shape index (κ3) is 4.11. The summed E-state index contributed by atoms with van der Waals surface area (Å²) in [6.45, 7) is 2.09. The van der Waals surface area contributed by atoms with E-state index in [1.54, 1.807) is 38.2 Å². The Balaban J connectivity index is 1.90. The van der Waals surface area contributed by atoms with Crippen LogP contribution in [0, 0.1) is 0 Å². The van der Waals surface area contributed by atoms with Gasteiger partial charge >= 0.3 is 0 Å². The van der Waals surface area contributed by atoms with Crippen LogP contribution in [0.15, 0.2) is 59.9 Å². The lowest BCUT2D eigenvalue weighted by atomic mass is 9.95. The molecule has 1 N–H and O–H groups in total. The van der Waals surface area contributed by atoms with Crippen molar-refractivity contribution in [1.82, 2.24) is 4.90 Å². The highest BCUT2D eigenvalue weighted by atomic mass is 16.5. The Bertz CT molecular complexity index is 915. The van der Waals surface area contributed by atoms with Gasteiger partial charge < -0.3 is 19.5 Å². The fourth-order valence-corrected chi connectivity index (χ4v) is 3.53. The van der Waals surface area contributed by atoms with Crippen molar-refractivity contribution in [3.8, 4) is 11.5 Å². The quantitative estimate of drug-likeness (QED) is 0.739. The third-order valence-electron chi connectivity index (χ3n) is 5.16. The third-order valence-corrected chi connectivity index (χ3v) is 5.16. The van der Waals surface area contributed by atoms with E-state index in [1.807, 2.05) is 36.4 Å². The van der Waals surface area contributed by atoms with Gasteiger partial charge in [0.1, 0.15) is 11.5 Å². The number of aliphatic hydroxyl groups is 1. The standard InChI is InChI=1S/C23H25NO5/c1-4-19(25)20-21(16-7-11-18(29-3)12-8-16)24(23(27)22(20)26)14-13-15-5-9-17(28-2)10-6-15/h5-12,21,26H,4,13-14H2,1-3H3. The van der Waals surface area contributed by atoms with Gasteiger partial charge in [-0.2, -0.15) is 0 Å². The summed E-state index contributed by atoms with van der Waals surface area (Å²) in [4.78, 5) is 26.9. The zero-order valence-electron chi connectivity index (χ0n) is 16.8. The summed E-state index contributed by atoms with van der Waals surface area (Å²) >= 11 is 0. The molecule has 3 rings (SSSR count).